The molecule has 1 aliphatic carbocycles. The Morgan fingerprint density at radius 3 is 2.14 bits per heavy atom. The molecule has 1 fully saturated rings. The van der Waals surface area contributed by atoms with E-state index in [1.54, 1.807) is 32.1 Å². The van der Waals surface area contributed by atoms with E-state index in [1.807, 2.05) is 6.08 Å². The summed E-state index contributed by atoms with van der Waals surface area (Å²) in [4.78, 5) is 24.8. The number of esters is 2. The van der Waals surface area contributed by atoms with Crippen LogP contribution in [0.5, 0.6) is 0 Å². The number of hydrogen-bond acceptors (Lipinski definition) is 4. The van der Waals surface area contributed by atoms with Gasteiger partial charge in [0, 0.05) is 0 Å². The first kappa shape index (κ1) is 17.2. The molecule has 1 aliphatic rings. The lowest BCUT2D eigenvalue weighted by molar-refractivity contribution is -0.171. The third kappa shape index (κ3) is 4.88. The fourth-order valence-electron chi connectivity index (χ4n) is 2.00. The van der Waals surface area contributed by atoms with Gasteiger partial charge in [-0.3, -0.25) is 9.59 Å². The molecule has 4 heteroatoms. The first-order valence-corrected chi connectivity index (χ1v) is 7.40. The highest BCUT2D eigenvalue weighted by Crippen LogP contribution is 2.36. The molecule has 0 spiro atoms. The zero-order valence-electron chi connectivity index (χ0n) is 12.9. The molecule has 0 aromatic rings. The van der Waals surface area contributed by atoms with E-state index < -0.39 is 17.4 Å². The van der Waals surface area contributed by atoms with Crippen LogP contribution >= 0.6 is 0 Å². The highest BCUT2D eigenvalue weighted by Gasteiger charge is 2.47. The maximum absolute atomic E-state index is 12.4. The maximum Gasteiger partial charge on any atom is 0.324 e. The lowest BCUT2D eigenvalue weighted by Crippen LogP contribution is -2.41. The number of carbonyl (C=O) groups is 2. The predicted octanol–water partition coefficient (Wildman–Crippen LogP) is 3.34. The van der Waals surface area contributed by atoms with Crippen molar-refractivity contribution in [1.82, 2.24) is 0 Å². The second kappa shape index (κ2) is 8.45. The summed E-state index contributed by atoms with van der Waals surface area (Å²) in [5, 5.41) is 0. The summed E-state index contributed by atoms with van der Waals surface area (Å²) >= 11 is 0. The molecule has 116 valence electrons. The van der Waals surface area contributed by atoms with Gasteiger partial charge < -0.3 is 9.47 Å². The monoisotopic (exact) mass is 292 g/mol. The van der Waals surface area contributed by atoms with E-state index in [0.29, 0.717) is 6.42 Å². The molecule has 0 bridgehead atoms. The van der Waals surface area contributed by atoms with Crippen molar-refractivity contribution in [1.29, 1.82) is 0 Å². The molecule has 21 heavy (non-hydrogen) atoms. The van der Waals surface area contributed by atoms with Crippen LogP contribution in [0.3, 0.4) is 0 Å². The minimum Gasteiger partial charge on any atom is -0.465 e. The Bertz CT molecular complexity index is 422. The van der Waals surface area contributed by atoms with Gasteiger partial charge in [-0.15, -0.1) is 0 Å². The third-order valence-electron chi connectivity index (χ3n) is 3.35. The Hall–Kier alpha value is -1.84. The number of rotatable bonds is 9. The molecular formula is C17H24O4. The smallest absolute Gasteiger partial charge is 0.324 e. The van der Waals surface area contributed by atoms with Gasteiger partial charge in [-0.05, 0) is 39.5 Å². The van der Waals surface area contributed by atoms with Crippen molar-refractivity contribution in [2.24, 2.45) is 5.41 Å². The fourth-order valence-corrected chi connectivity index (χ4v) is 2.00. The Morgan fingerprint density at radius 1 is 1.14 bits per heavy atom. The van der Waals surface area contributed by atoms with E-state index in [2.05, 4.69) is 6.58 Å². The van der Waals surface area contributed by atoms with Crippen molar-refractivity contribution in [3.8, 4) is 0 Å². The summed E-state index contributed by atoms with van der Waals surface area (Å²) in [6, 6.07) is 0. The van der Waals surface area contributed by atoms with Gasteiger partial charge in [0.25, 0.3) is 0 Å². The summed E-state index contributed by atoms with van der Waals surface area (Å²) in [6.07, 6.45) is 9.72. The molecule has 0 unspecified atom stereocenters. The molecule has 1 saturated carbocycles. The Morgan fingerprint density at radius 2 is 1.71 bits per heavy atom. The standard InChI is InChI=1S/C17H24O4/c1-4-7-8-12-17(15(18)20-5-2,16(19)21-6-3)13-11-14-9-10-14/h4,7-8,11H,1,5-6,9-10,12-13H2,2-3H3/b8-7+. The summed E-state index contributed by atoms with van der Waals surface area (Å²) in [5.41, 5.74) is -0.0122. The predicted molar refractivity (Wildman–Crippen MR) is 81.6 cm³/mol. The number of allylic oxidation sites excluding steroid dienone is 5. The molecule has 0 amide bonds. The van der Waals surface area contributed by atoms with E-state index in [9.17, 15) is 9.59 Å². The molecule has 0 aliphatic heterocycles. The highest BCUT2D eigenvalue weighted by atomic mass is 16.6. The van der Waals surface area contributed by atoms with Crippen LogP contribution in [-0.4, -0.2) is 25.2 Å². The van der Waals surface area contributed by atoms with Crippen LogP contribution in [0, 0.1) is 5.41 Å². The topological polar surface area (TPSA) is 52.6 Å². The van der Waals surface area contributed by atoms with Crippen LogP contribution in [0.4, 0.5) is 0 Å². The van der Waals surface area contributed by atoms with Crippen LogP contribution < -0.4 is 0 Å². The number of ether oxygens (including phenoxy) is 2. The molecule has 0 aromatic carbocycles. The van der Waals surface area contributed by atoms with Gasteiger partial charge >= 0.3 is 11.9 Å². The molecule has 0 aromatic heterocycles. The van der Waals surface area contributed by atoms with Crippen LogP contribution in [0.1, 0.15) is 39.5 Å². The number of hydrogen-bond donors (Lipinski definition) is 0. The lowest BCUT2D eigenvalue weighted by Gasteiger charge is -2.27. The van der Waals surface area contributed by atoms with Gasteiger partial charge in [0.05, 0.1) is 13.2 Å². The minimum atomic E-state index is -1.29. The van der Waals surface area contributed by atoms with E-state index in [-0.39, 0.29) is 19.6 Å². The van der Waals surface area contributed by atoms with Crippen molar-refractivity contribution < 1.29 is 19.1 Å². The van der Waals surface area contributed by atoms with E-state index in [4.69, 9.17) is 9.47 Å². The molecule has 4 nitrogen and oxygen atoms in total. The second-order valence-electron chi connectivity index (χ2n) is 4.96. The van der Waals surface area contributed by atoms with Gasteiger partial charge in [0.2, 0.25) is 0 Å². The summed E-state index contributed by atoms with van der Waals surface area (Å²) in [7, 11) is 0. The normalized spacial score (nSPS) is 13.9. The quantitative estimate of drug-likeness (QED) is 0.283. The van der Waals surface area contributed by atoms with Crippen LogP contribution in [-0.2, 0) is 19.1 Å². The lowest BCUT2D eigenvalue weighted by atomic mass is 9.80. The van der Waals surface area contributed by atoms with Gasteiger partial charge in [-0.2, -0.15) is 0 Å². The van der Waals surface area contributed by atoms with Crippen LogP contribution in [0.25, 0.3) is 0 Å². The average molecular weight is 292 g/mol. The van der Waals surface area contributed by atoms with Crippen LogP contribution in [0.2, 0.25) is 0 Å². The zero-order chi connectivity index (χ0) is 15.7. The first-order valence-electron chi connectivity index (χ1n) is 7.40. The Labute approximate surface area is 126 Å². The Balaban J connectivity index is 3.05. The third-order valence-corrected chi connectivity index (χ3v) is 3.35. The van der Waals surface area contributed by atoms with Crippen molar-refractivity contribution >= 4 is 11.9 Å². The molecular weight excluding hydrogens is 268 g/mol. The highest BCUT2D eigenvalue weighted by molar-refractivity contribution is 6.00. The van der Waals surface area contributed by atoms with Gasteiger partial charge in [0.1, 0.15) is 0 Å². The van der Waals surface area contributed by atoms with E-state index in [0.717, 1.165) is 12.8 Å². The van der Waals surface area contributed by atoms with E-state index >= 15 is 0 Å². The van der Waals surface area contributed by atoms with Gasteiger partial charge in [0.15, 0.2) is 5.41 Å². The molecule has 0 radical (unpaired) electrons. The molecule has 0 heterocycles. The maximum atomic E-state index is 12.4. The average Bonchev–Trinajstić information content (AvgIpc) is 3.27. The first-order chi connectivity index (χ1) is 10.1. The Kier molecular flexibility index (Phi) is 6.92. The van der Waals surface area contributed by atoms with Gasteiger partial charge in [-0.1, -0.05) is 36.5 Å². The van der Waals surface area contributed by atoms with Gasteiger partial charge in [-0.25, -0.2) is 0 Å². The summed E-state index contributed by atoms with van der Waals surface area (Å²) < 4.78 is 10.3. The molecule has 1 rings (SSSR count). The van der Waals surface area contributed by atoms with E-state index in [1.165, 1.54) is 5.57 Å². The zero-order valence-corrected chi connectivity index (χ0v) is 12.9. The van der Waals surface area contributed by atoms with Crippen LogP contribution in [0.15, 0.2) is 36.5 Å². The molecule has 0 N–H and O–H groups in total. The minimum absolute atomic E-state index is 0.238. The SMILES string of the molecule is C=C/C=C/CC(CC=C1CC1)(C(=O)OCC)C(=O)OCC. The molecule has 0 saturated heterocycles. The number of carbonyl (C=O) groups excluding carboxylic acids is 2. The van der Waals surface area contributed by atoms with Crippen molar-refractivity contribution in [3.05, 3.63) is 36.5 Å². The largest absolute Gasteiger partial charge is 0.465 e. The molecule has 0 atom stereocenters. The van der Waals surface area contributed by atoms with Crippen molar-refractivity contribution in [3.63, 3.8) is 0 Å². The fraction of sp³-hybridized carbons (Fsp3) is 0.529. The summed E-state index contributed by atoms with van der Waals surface area (Å²) in [5.74, 6) is -1.04. The van der Waals surface area contributed by atoms with Crippen molar-refractivity contribution in [2.75, 3.05) is 13.2 Å². The van der Waals surface area contributed by atoms with Crippen molar-refractivity contribution in [2.45, 2.75) is 39.5 Å². The summed E-state index contributed by atoms with van der Waals surface area (Å²) in [6.45, 7) is 7.53. The second-order valence-corrected chi connectivity index (χ2v) is 4.96.